The predicted octanol–water partition coefficient (Wildman–Crippen LogP) is 0.502. The number of rotatable bonds is 6. The van der Waals surface area contributed by atoms with E-state index in [4.69, 9.17) is 4.74 Å². The van der Waals surface area contributed by atoms with Gasteiger partial charge >= 0.3 is 0 Å². The van der Waals surface area contributed by atoms with Crippen molar-refractivity contribution in [1.82, 2.24) is 20.0 Å². The number of likely N-dealkylation sites (N-methyl/N-ethyl adjacent to an activating group) is 1. The van der Waals surface area contributed by atoms with Crippen molar-refractivity contribution in [3.05, 3.63) is 18.0 Å². The zero-order valence-corrected chi connectivity index (χ0v) is 11.4. The third kappa shape index (κ3) is 4.08. The Morgan fingerprint density at radius 3 is 3.17 bits per heavy atom. The van der Waals surface area contributed by atoms with E-state index < -0.39 is 0 Å². The third-order valence-corrected chi connectivity index (χ3v) is 3.32. The first-order chi connectivity index (χ1) is 8.78. The third-order valence-electron chi connectivity index (χ3n) is 3.32. The molecule has 1 aliphatic heterocycles. The number of morpholine rings is 1. The van der Waals surface area contributed by atoms with Crippen LogP contribution in [0.15, 0.2) is 12.4 Å². The summed E-state index contributed by atoms with van der Waals surface area (Å²) >= 11 is 0. The highest BCUT2D eigenvalue weighted by atomic mass is 16.5. The molecule has 5 heteroatoms. The Bertz CT molecular complexity index is 353. The lowest BCUT2D eigenvalue weighted by atomic mass is 10.2. The van der Waals surface area contributed by atoms with Crippen molar-refractivity contribution in [3.8, 4) is 0 Å². The molecule has 1 atom stereocenters. The second-order valence-electron chi connectivity index (χ2n) is 4.87. The fourth-order valence-corrected chi connectivity index (χ4v) is 2.24. The molecule has 2 rings (SSSR count). The van der Waals surface area contributed by atoms with Crippen LogP contribution in [0.2, 0.25) is 0 Å². The molecule has 1 aromatic heterocycles. The van der Waals surface area contributed by atoms with E-state index >= 15 is 0 Å². The molecule has 0 bridgehead atoms. The van der Waals surface area contributed by atoms with E-state index in [0.717, 1.165) is 45.9 Å². The van der Waals surface area contributed by atoms with Crippen molar-refractivity contribution in [3.63, 3.8) is 0 Å². The molecule has 5 nitrogen and oxygen atoms in total. The quantitative estimate of drug-likeness (QED) is 0.749. The second kappa shape index (κ2) is 6.87. The SMILES string of the molecule is CCN1CCOC(CNCCn2cc(C)cn2)C1. The molecule has 0 spiro atoms. The summed E-state index contributed by atoms with van der Waals surface area (Å²) in [4.78, 5) is 2.44. The Hall–Kier alpha value is -0.910. The van der Waals surface area contributed by atoms with E-state index in [1.807, 2.05) is 10.9 Å². The highest BCUT2D eigenvalue weighted by Crippen LogP contribution is 2.03. The smallest absolute Gasteiger partial charge is 0.0826 e. The molecule has 1 aliphatic rings. The maximum absolute atomic E-state index is 5.74. The maximum atomic E-state index is 5.74. The van der Waals surface area contributed by atoms with Gasteiger partial charge in [-0.2, -0.15) is 5.10 Å². The van der Waals surface area contributed by atoms with Crippen LogP contribution in [0.25, 0.3) is 0 Å². The van der Waals surface area contributed by atoms with Gasteiger partial charge in [-0.25, -0.2) is 0 Å². The average molecular weight is 252 g/mol. The Balaban J connectivity index is 1.60. The molecule has 1 aromatic rings. The van der Waals surface area contributed by atoms with Crippen LogP contribution in [0.5, 0.6) is 0 Å². The maximum Gasteiger partial charge on any atom is 0.0826 e. The van der Waals surface area contributed by atoms with Crippen molar-refractivity contribution in [1.29, 1.82) is 0 Å². The van der Waals surface area contributed by atoms with Crippen LogP contribution in [0, 0.1) is 6.92 Å². The number of aromatic nitrogens is 2. The Morgan fingerprint density at radius 2 is 2.44 bits per heavy atom. The minimum Gasteiger partial charge on any atom is -0.374 e. The normalized spacial score (nSPS) is 21.3. The van der Waals surface area contributed by atoms with Crippen molar-refractivity contribution < 1.29 is 4.74 Å². The van der Waals surface area contributed by atoms with Gasteiger partial charge in [-0.05, 0) is 19.0 Å². The minimum absolute atomic E-state index is 0.332. The summed E-state index contributed by atoms with van der Waals surface area (Å²) in [5, 5.41) is 7.71. The zero-order chi connectivity index (χ0) is 12.8. The summed E-state index contributed by atoms with van der Waals surface area (Å²) < 4.78 is 7.71. The van der Waals surface area contributed by atoms with Crippen LogP contribution >= 0.6 is 0 Å². The van der Waals surface area contributed by atoms with E-state index in [9.17, 15) is 0 Å². The molecule has 102 valence electrons. The van der Waals surface area contributed by atoms with Crippen LogP contribution in [0.3, 0.4) is 0 Å². The standard InChI is InChI=1S/C13H24N4O/c1-3-16-6-7-18-13(11-16)9-14-4-5-17-10-12(2)8-15-17/h8,10,13-14H,3-7,9,11H2,1-2H3. The molecule has 2 heterocycles. The van der Waals surface area contributed by atoms with Gasteiger partial charge in [0.2, 0.25) is 0 Å². The van der Waals surface area contributed by atoms with Crippen LogP contribution < -0.4 is 5.32 Å². The molecule has 0 radical (unpaired) electrons. The summed E-state index contributed by atoms with van der Waals surface area (Å²) in [6.07, 6.45) is 4.29. The van der Waals surface area contributed by atoms with Crippen LogP contribution in [0.4, 0.5) is 0 Å². The monoisotopic (exact) mass is 252 g/mol. The molecule has 1 unspecified atom stereocenters. The first kappa shape index (κ1) is 13.5. The summed E-state index contributed by atoms with van der Waals surface area (Å²) in [7, 11) is 0. The number of aryl methyl sites for hydroxylation is 1. The van der Waals surface area contributed by atoms with Gasteiger partial charge in [-0.1, -0.05) is 6.92 Å². The molecule has 0 saturated carbocycles. The van der Waals surface area contributed by atoms with Gasteiger partial charge in [0.1, 0.15) is 0 Å². The van der Waals surface area contributed by atoms with E-state index in [0.29, 0.717) is 6.10 Å². The van der Waals surface area contributed by atoms with Gasteiger partial charge in [0, 0.05) is 32.4 Å². The lowest BCUT2D eigenvalue weighted by Crippen LogP contribution is -2.46. The molecule has 1 saturated heterocycles. The highest BCUT2D eigenvalue weighted by Gasteiger charge is 2.18. The fraction of sp³-hybridized carbons (Fsp3) is 0.769. The number of nitrogens with one attached hydrogen (secondary N) is 1. The van der Waals surface area contributed by atoms with Crippen molar-refractivity contribution in [2.24, 2.45) is 0 Å². The Labute approximate surface area is 109 Å². The average Bonchev–Trinajstić information content (AvgIpc) is 2.81. The van der Waals surface area contributed by atoms with Crippen molar-refractivity contribution in [2.45, 2.75) is 26.5 Å². The lowest BCUT2D eigenvalue weighted by Gasteiger charge is -2.32. The molecule has 1 N–H and O–H groups in total. The van der Waals surface area contributed by atoms with Gasteiger partial charge in [0.05, 0.1) is 25.5 Å². The summed E-state index contributed by atoms with van der Waals surface area (Å²) in [5.41, 5.74) is 1.21. The molecule has 18 heavy (non-hydrogen) atoms. The van der Waals surface area contributed by atoms with E-state index in [-0.39, 0.29) is 0 Å². The van der Waals surface area contributed by atoms with E-state index in [1.165, 1.54) is 5.56 Å². The molecular weight excluding hydrogens is 228 g/mol. The van der Waals surface area contributed by atoms with Crippen LogP contribution in [0.1, 0.15) is 12.5 Å². The van der Waals surface area contributed by atoms with Gasteiger partial charge in [-0.3, -0.25) is 9.58 Å². The lowest BCUT2D eigenvalue weighted by molar-refractivity contribution is -0.0252. The zero-order valence-electron chi connectivity index (χ0n) is 11.4. The summed E-state index contributed by atoms with van der Waals surface area (Å²) in [6, 6.07) is 0. The van der Waals surface area contributed by atoms with Crippen LogP contribution in [-0.4, -0.2) is 60.1 Å². The number of nitrogens with zero attached hydrogens (tertiary/aromatic N) is 3. The predicted molar refractivity (Wildman–Crippen MR) is 71.7 cm³/mol. The molecule has 0 amide bonds. The summed E-state index contributed by atoms with van der Waals surface area (Å²) in [6.45, 7) is 11.1. The molecule has 0 aromatic carbocycles. The van der Waals surface area contributed by atoms with E-state index in [1.54, 1.807) is 0 Å². The Morgan fingerprint density at radius 1 is 1.56 bits per heavy atom. The highest BCUT2D eigenvalue weighted by molar-refractivity contribution is 4.99. The first-order valence-electron chi connectivity index (χ1n) is 6.81. The van der Waals surface area contributed by atoms with Gasteiger partial charge in [0.25, 0.3) is 0 Å². The van der Waals surface area contributed by atoms with Crippen molar-refractivity contribution >= 4 is 0 Å². The topological polar surface area (TPSA) is 42.3 Å². The van der Waals surface area contributed by atoms with Gasteiger partial charge in [-0.15, -0.1) is 0 Å². The Kier molecular flexibility index (Phi) is 5.16. The number of hydrogen-bond acceptors (Lipinski definition) is 4. The second-order valence-corrected chi connectivity index (χ2v) is 4.87. The van der Waals surface area contributed by atoms with Gasteiger partial charge in [0.15, 0.2) is 0 Å². The van der Waals surface area contributed by atoms with Crippen molar-refractivity contribution in [2.75, 3.05) is 39.3 Å². The van der Waals surface area contributed by atoms with Crippen LogP contribution in [-0.2, 0) is 11.3 Å². The van der Waals surface area contributed by atoms with Gasteiger partial charge < -0.3 is 10.1 Å². The number of hydrogen-bond donors (Lipinski definition) is 1. The minimum atomic E-state index is 0.332. The summed E-state index contributed by atoms with van der Waals surface area (Å²) in [5.74, 6) is 0. The number of ether oxygens (including phenoxy) is 1. The van der Waals surface area contributed by atoms with E-state index in [2.05, 4.69) is 35.4 Å². The molecular formula is C13H24N4O. The largest absolute Gasteiger partial charge is 0.374 e. The molecule has 0 aliphatic carbocycles. The molecule has 1 fully saturated rings. The fourth-order valence-electron chi connectivity index (χ4n) is 2.24. The first-order valence-corrected chi connectivity index (χ1v) is 6.81.